The zero-order valence-corrected chi connectivity index (χ0v) is 21.8. The fourth-order valence-electron chi connectivity index (χ4n) is 4.36. The van der Waals surface area contributed by atoms with Gasteiger partial charge in [0.05, 0.1) is 28.1 Å². The van der Waals surface area contributed by atoms with Gasteiger partial charge in [-0.15, -0.1) is 0 Å². The lowest BCUT2D eigenvalue weighted by Crippen LogP contribution is -2.32. The van der Waals surface area contributed by atoms with Crippen molar-refractivity contribution in [3.05, 3.63) is 113 Å². The number of carbonyl (C=O) groups is 2. The molecule has 180 valence electrons. The molecule has 6 rings (SSSR count). The number of hydrogen-bond acceptors (Lipinski definition) is 5. The van der Waals surface area contributed by atoms with Crippen LogP contribution in [0.25, 0.3) is 22.2 Å². The second-order valence-corrected chi connectivity index (χ2v) is 10.4. The Bertz CT molecular complexity index is 1620. The van der Waals surface area contributed by atoms with Crippen LogP contribution in [0.3, 0.4) is 0 Å². The molecule has 5 nitrogen and oxygen atoms in total. The van der Waals surface area contributed by atoms with Crippen LogP contribution in [0.1, 0.15) is 10.4 Å². The fourth-order valence-corrected chi connectivity index (χ4v) is 5.68. The van der Waals surface area contributed by atoms with E-state index in [1.54, 1.807) is 22.7 Å². The number of carbonyl (C=O) groups excluding carboxylic acids is 2. The number of aromatic nitrogens is 1. The third-order valence-corrected chi connectivity index (χ3v) is 7.74. The molecular formula is C30H19BrN2O3S. The molecule has 0 fully saturated rings. The van der Waals surface area contributed by atoms with Gasteiger partial charge in [0.25, 0.3) is 5.91 Å². The van der Waals surface area contributed by atoms with Gasteiger partial charge in [0.1, 0.15) is 0 Å². The van der Waals surface area contributed by atoms with Gasteiger partial charge in [-0.1, -0.05) is 82.3 Å². The Labute approximate surface area is 226 Å². The van der Waals surface area contributed by atoms with E-state index in [4.69, 9.17) is 9.72 Å². The van der Waals surface area contributed by atoms with Crippen molar-refractivity contribution in [3.63, 3.8) is 0 Å². The molecule has 1 aliphatic rings. The summed E-state index contributed by atoms with van der Waals surface area (Å²) in [6, 6.07) is 32.3. The molecule has 7 heteroatoms. The van der Waals surface area contributed by atoms with E-state index in [1.807, 2.05) is 97.1 Å². The third-order valence-electron chi connectivity index (χ3n) is 6.08. The Morgan fingerprint density at radius 3 is 2.14 bits per heavy atom. The number of halogens is 1. The summed E-state index contributed by atoms with van der Waals surface area (Å²) in [7, 11) is 0. The first-order valence-corrected chi connectivity index (χ1v) is 13.2. The highest BCUT2D eigenvalue weighted by molar-refractivity contribution is 9.10. The minimum atomic E-state index is -0.571. The normalized spacial score (nSPS) is 12.1. The van der Waals surface area contributed by atoms with Crippen molar-refractivity contribution in [2.24, 2.45) is 0 Å². The predicted octanol–water partition coefficient (Wildman–Crippen LogP) is 7.65. The van der Waals surface area contributed by atoms with Crippen LogP contribution in [0.5, 0.6) is 0 Å². The average molecular weight is 567 g/mol. The Morgan fingerprint density at radius 1 is 0.811 bits per heavy atom. The van der Waals surface area contributed by atoms with Crippen LogP contribution in [-0.4, -0.2) is 23.5 Å². The molecule has 0 aliphatic carbocycles. The van der Waals surface area contributed by atoms with Crippen molar-refractivity contribution >= 4 is 61.8 Å². The van der Waals surface area contributed by atoms with E-state index in [9.17, 15) is 9.59 Å². The maximum atomic E-state index is 13.5. The molecule has 0 saturated carbocycles. The van der Waals surface area contributed by atoms with Crippen molar-refractivity contribution in [1.82, 2.24) is 4.98 Å². The van der Waals surface area contributed by atoms with Crippen molar-refractivity contribution < 1.29 is 14.3 Å². The number of para-hydroxylation sites is 3. The second kappa shape index (κ2) is 9.84. The number of hydrogen-bond donors (Lipinski definition) is 0. The molecule has 0 spiro atoms. The molecule has 0 saturated heterocycles. The van der Waals surface area contributed by atoms with Gasteiger partial charge < -0.3 is 4.74 Å². The van der Waals surface area contributed by atoms with Crippen molar-refractivity contribution in [3.8, 4) is 11.3 Å². The van der Waals surface area contributed by atoms with E-state index in [2.05, 4.69) is 15.9 Å². The molecule has 2 heterocycles. The third kappa shape index (κ3) is 4.52. The number of pyridine rings is 1. The van der Waals surface area contributed by atoms with Gasteiger partial charge >= 0.3 is 5.97 Å². The van der Waals surface area contributed by atoms with Crippen molar-refractivity contribution in [2.75, 3.05) is 11.5 Å². The van der Waals surface area contributed by atoms with Gasteiger partial charge in [-0.05, 0) is 48.5 Å². The average Bonchev–Trinajstić information content (AvgIpc) is 2.94. The molecule has 5 aromatic rings. The minimum Gasteiger partial charge on any atom is -0.452 e. The Balaban J connectivity index is 1.31. The van der Waals surface area contributed by atoms with E-state index in [0.29, 0.717) is 22.2 Å². The molecule has 4 aromatic carbocycles. The first-order chi connectivity index (χ1) is 18.1. The van der Waals surface area contributed by atoms with Crippen LogP contribution < -0.4 is 4.90 Å². The van der Waals surface area contributed by atoms with E-state index in [1.165, 1.54) is 0 Å². The maximum Gasteiger partial charge on any atom is 0.339 e. The van der Waals surface area contributed by atoms with E-state index >= 15 is 0 Å². The number of esters is 1. The first-order valence-electron chi connectivity index (χ1n) is 11.6. The van der Waals surface area contributed by atoms with Gasteiger partial charge in [0.2, 0.25) is 0 Å². The summed E-state index contributed by atoms with van der Waals surface area (Å²) in [4.78, 5) is 35.1. The molecule has 0 N–H and O–H groups in total. The lowest BCUT2D eigenvalue weighted by atomic mass is 10.0. The molecule has 0 bridgehead atoms. The number of amides is 1. The van der Waals surface area contributed by atoms with Gasteiger partial charge in [-0.2, -0.15) is 0 Å². The zero-order valence-electron chi connectivity index (χ0n) is 19.4. The number of anilines is 2. The number of benzene rings is 4. The van der Waals surface area contributed by atoms with Gasteiger partial charge in [-0.25, -0.2) is 9.78 Å². The Kier molecular flexibility index (Phi) is 6.24. The van der Waals surface area contributed by atoms with Crippen LogP contribution in [0.2, 0.25) is 0 Å². The predicted molar refractivity (Wildman–Crippen MR) is 149 cm³/mol. The molecule has 0 radical (unpaired) electrons. The quantitative estimate of drug-likeness (QED) is 0.209. The van der Waals surface area contributed by atoms with E-state index in [0.717, 1.165) is 31.2 Å². The van der Waals surface area contributed by atoms with Crippen LogP contribution in [0, 0.1) is 0 Å². The summed E-state index contributed by atoms with van der Waals surface area (Å²) in [5.41, 5.74) is 4.13. The topological polar surface area (TPSA) is 59.5 Å². The number of fused-ring (bicyclic) bond motifs is 3. The molecular weight excluding hydrogens is 548 g/mol. The highest BCUT2D eigenvalue weighted by Crippen LogP contribution is 2.47. The number of rotatable bonds is 4. The zero-order chi connectivity index (χ0) is 25.4. The van der Waals surface area contributed by atoms with Crippen LogP contribution in [0.4, 0.5) is 11.4 Å². The highest BCUT2D eigenvalue weighted by Gasteiger charge is 2.28. The summed E-state index contributed by atoms with van der Waals surface area (Å²) in [6.07, 6.45) is 0. The highest BCUT2D eigenvalue weighted by atomic mass is 79.9. The Morgan fingerprint density at radius 2 is 1.43 bits per heavy atom. The summed E-state index contributed by atoms with van der Waals surface area (Å²) < 4.78 is 6.57. The SMILES string of the molecule is O=C(OCC(=O)N1c2ccccc2Sc2ccccc21)c1cc(-c2ccc(Br)cc2)nc2ccccc12. The molecule has 1 aromatic heterocycles. The maximum absolute atomic E-state index is 13.5. The van der Waals surface area contributed by atoms with Crippen molar-refractivity contribution in [1.29, 1.82) is 0 Å². The number of ether oxygens (including phenoxy) is 1. The van der Waals surface area contributed by atoms with Crippen LogP contribution in [0.15, 0.2) is 117 Å². The lowest BCUT2D eigenvalue weighted by Gasteiger charge is -2.30. The largest absolute Gasteiger partial charge is 0.452 e. The lowest BCUT2D eigenvalue weighted by molar-refractivity contribution is -0.121. The van der Waals surface area contributed by atoms with E-state index in [-0.39, 0.29) is 5.91 Å². The van der Waals surface area contributed by atoms with Crippen LogP contribution in [-0.2, 0) is 9.53 Å². The summed E-state index contributed by atoms with van der Waals surface area (Å²) in [5, 5.41) is 0.672. The standard InChI is InChI=1S/C30H19BrN2O3S/c31-20-15-13-19(14-16-20)24-17-22(21-7-1-2-8-23(21)32-24)30(35)36-18-29(34)33-25-9-3-5-11-27(25)37-28-12-6-4-10-26(28)33/h1-17H,18H2. The van der Waals surface area contributed by atoms with Gasteiger partial charge in [0.15, 0.2) is 6.61 Å². The Hall–Kier alpha value is -3.94. The minimum absolute atomic E-state index is 0.319. The van der Waals surface area contributed by atoms with Crippen molar-refractivity contribution in [2.45, 2.75) is 9.79 Å². The fraction of sp³-hybridized carbons (Fsp3) is 0.0333. The number of nitrogens with zero attached hydrogens (tertiary/aromatic N) is 2. The van der Waals surface area contributed by atoms with Gasteiger partial charge in [0, 0.05) is 25.2 Å². The summed E-state index contributed by atoms with van der Waals surface area (Å²) in [5.74, 6) is -0.890. The molecule has 37 heavy (non-hydrogen) atoms. The second-order valence-electron chi connectivity index (χ2n) is 8.42. The van der Waals surface area contributed by atoms with Crippen LogP contribution >= 0.6 is 27.7 Å². The first kappa shape index (κ1) is 23.5. The molecule has 0 atom stereocenters. The summed E-state index contributed by atoms with van der Waals surface area (Å²) in [6.45, 7) is -0.392. The molecule has 1 amide bonds. The monoisotopic (exact) mass is 566 g/mol. The molecule has 0 unspecified atom stereocenters. The molecule has 1 aliphatic heterocycles. The van der Waals surface area contributed by atoms with E-state index < -0.39 is 12.6 Å². The smallest absolute Gasteiger partial charge is 0.339 e. The summed E-state index contributed by atoms with van der Waals surface area (Å²) >= 11 is 5.07. The van der Waals surface area contributed by atoms with Gasteiger partial charge in [-0.3, -0.25) is 9.69 Å².